The van der Waals surface area contributed by atoms with Gasteiger partial charge in [-0.3, -0.25) is 14.9 Å². The number of benzene rings is 2. The highest BCUT2D eigenvalue weighted by Crippen LogP contribution is 2.27. The smallest absolute Gasteiger partial charge is 0.240 e. The van der Waals surface area contributed by atoms with E-state index in [2.05, 4.69) is 34.6 Å². The van der Waals surface area contributed by atoms with E-state index in [9.17, 15) is 4.79 Å². The quantitative estimate of drug-likeness (QED) is 0.802. The van der Waals surface area contributed by atoms with Crippen LogP contribution < -0.4 is 5.43 Å². The number of amides is 1. The number of hydrogen-bond acceptors (Lipinski definition) is 2. The Morgan fingerprint density at radius 1 is 0.913 bits per heavy atom. The Morgan fingerprint density at radius 3 is 2.09 bits per heavy atom. The van der Waals surface area contributed by atoms with Crippen LogP contribution in [-0.2, 0) is 4.79 Å². The van der Waals surface area contributed by atoms with E-state index in [-0.39, 0.29) is 5.91 Å². The van der Waals surface area contributed by atoms with Gasteiger partial charge in [0, 0.05) is 23.7 Å². The molecular formula is C19H21N3O. The number of carbonyl (C=O) groups is 1. The molecule has 1 saturated heterocycles. The van der Waals surface area contributed by atoms with Gasteiger partial charge in [-0.2, -0.15) is 0 Å². The van der Waals surface area contributed by atoms with E-state index in [0.717, 1.165) is 30.7 Å². The molecule has 4 heteroatoms. The summed E-state index contributed by atoms with van der Waals surface area (Å²) in [6.07, 6.45) is 3.06. The second-order valence-electron chi connectivity index (χ2n) is 6.20. The molecule has 2 aromatic carbocycles. The van der Waals surface area contributed by atoms with Crippen LogP contribution in [0.25, 0.3) is 21.8 Å². The first-order valence-corrected chi connectivity index (χ1v) is 8.33. The lowest BCUT2D eigenvalue weighted by Gasteiger charge is -2.15. The van der Waals surface area contributed by atoms with Gasteiger partial charge in [0.2, 0.25) is 5.91 Å². The zero-order valence-electron chi connectivity index (χ0n) is 13.2. The van der Waals surface area contributed by atoms with E-state index in [0.29, 0.717) is 6.42 Å². The van der Waals surface area contributed by atoms with Gasteiger partial charge < -0.3 is 4.90 Å². The van der Waals surface area contributed by atoms with E-state index in [1.54, 1.807) is 0 Å². The molecule has 1 aromatic heterocycles. The van der Waals surface area contributed by atoms with E-state index in [1.165, 1.54) is 23.6 Å². The molecule has 1 aliphatic heterocycles. The maximum Gasteiger partial charge on any atom is 0.240 e. The van der Waals surface area contributed by atoms with Gasteiger partial charge in [0.05, 0.1) is 11.0 Å². The Balaban J connectivity index is 1.60. The van der Waals surface area contributed by atoms with Crippen molar-refractivity contribution >= 4 is 27.7 Å². The summed E-state index contributed by atoms with van der Waals surface area (Å²) in [5, 5.41) is 2.34. The third kappa shape index (κ3) is 2.70. The van der Waals surface area contributed by atoms with Crippen molar-refractivity contribution in [2.24, 2.45) is 0 Å². The molecule has 0 spiro atoms. The standard InChI is InChI=1S/C19H21N3O/c23-19(11-14-21-12-5-6-13-21)20-22-17-9-3-1-7-15(17)16-8-2-4-10-18(16)22/h1-4,7-10H,5-6,11-14H2,(H,20,23). The van der Waals surface area contributed by atoms with Crippen LogP contribution in [0.5, 0.6) is 0 Å². The van der Waals surface area contributed by atoms with Crippen LogP contribution in [0.15, 0.2) is 48.5 Å². The summed E-state index contributed by atoms with van der Waals surface area (Å²) >= 11 is 0. The van der Waals surface area contributed by atoms with Gasteiger partial charge in [-0.1, -0.05) is 36.4 Å². The van der Waals surface area contributed by atoms with Crippen LogP contribution in [0.1, 0.15) is 19.3 Å². The summed E-state index contributed by atoms with van der Waals surface area (Å²) in [4.78, 5) is 14.8. The van der Waals surface area contributed by atoms with E-state index in [4.69, 9.17) is 0 Å². The molecule has 2 heterocycles. The molecule has 4 nitrogen and oxygen atoms in total. The van der Waals surface area contributed by atoms with Crippen molar-refractivity contribution in [1.82, 2.24) is 9.58 Å². The largest absolute Gasteiger partial charge is 0.303 e. The molecule has 0 atom stereocenters. The number of nitrogens with one attached hydrogen (secondary N) is 1. The first kappa shape index (κ1) is 14.3. The zero-order chi connectivity index (χ0) is 15.6. The Labute approximate surface area is 135 Å². The number of para-hydroxylation sites is 2. The number of fused-ring (bicyclic) bond motifs is 3. The van der Waals surface area contributed by atoms with Gasteiger partial charge in [-0.15, -0.1) is 0 Å². The number of likely N-dealkylation sites (tertiary alicyclic amines) is 1. The van der Waals surface area contributed by atoms with E-state index in [1.807, 2.05) is 28.9 Å². The summed E-state index contributed by atoms with van der Waals surface area (Å²) in [6, 6.07) is 16.4. The van der Waals surface area contributed by atoms with Crippen LogP contribution in [0.3, 0.4) is 0 Å². The Morgan fingerprint density at radius 2 is 1.48 bits per heavy atom. The predicted molar refractivity (Wildman–Crippen MR) is 94.1 cm³/mol. The van der Waals surface area contributed by atoms with Crippen LogP contribution in [-0.4, -0.2) is 35.1 Å². The Hall–Kier alpha value is -2.33. The van der Waals surface area contributed by atoms with Crippen molar-refractivity contribution in [3.05, 3.63) is 48.5 Å². The lowest BCUT2D eigenvalue weighted by Crippen LogP contribution is -2.28. The molecule has 1 fully saturated rings. The van der Waals surface area contributed by atoms with Gasteiger partial charge in [0.25, 0.3) is 0 Å². The molecular weight excluding hydrogens is 286 g/mol. The number of hydrogen-bond donors (Lipinski definition) is 1. The average molecular weight is 307 g/mol. The van der Waals surface area contributed by atoms with Crippen LogP contribution >= 0.6 is 0 Å². The summed E-state index contributed by atoms with van der Waals surface area (Å²) in [6.45, 7) is 3.11. The third-order valence-electron chi connectivity index (χ3n) is 4.67. The molecule has 4 rings (SSSR count). The van der Waals surface area contributed by atoms with Crippen LogP contribution in [0.4, 0.5) is 0 Å². The average Bonchev–Trinajstić information content (AvgIpc) is 3.21. The normalized spacial score (nSPS) is 15.5. The SMILES string of the molecule is O=C(CCN1CCCC1)Nn1c2ccccc2c2ccccc21. The molecule has 0 saturated carbocycles. The summed E-state index contributed by atoms with van der Waals surface area (Å²) in [5.41, 5.74) is 5.17. The number of carbonyl (C=O) groups excluding carboxylic acids is 1. The predicted octanol–water partition coefficient (Wildman–Crippen LogP) is 3.35. The third-order valence-corrected chi connectivity index (χ3v) is 4.67. The lowest BCUT2D eigenvalue weighted by molar-refractivity contribution is -0.117. The minimum absolute atomic E-state index is 0.0726. The van der Waals surface area contributed by atoms with Gasteiger partial charge in [0.15, 0.2) is 0 Å². The molecule has 0 unspecified atom stereocenters. The maximum absolute atomic E-state index is 12.4. The van der Waals surface area contributed by atoms with Crippen molar-refractivity contribution < 1.29 is 4.79 Å². The first-order chi connectivity index (χ1) is 11.3. The second kappa shape index (κ2) is 6.05. The van der Waals surface area contributed by atoms with Crippen molar-refractivity contribution in [3.63, 3.8) is 0 Å². The topological polar surface area (TPSA) is 37.3 Å². The molecule has 3 aromatic rings. The summed E-state index contributed by atoms with van der Waals surface area (Å²) in [7, 11) is 0. The first-order valence-electron chi connectivity index (χ1n) is 8.33. The minimum atomic E-state index is 0.0726. The van der Waals surface area contributed by atoms with Crippen LogP contribution in [0.2, 0.25) is 0 Å². The molecule has 23 heavy (non-hydrogen) atoms. The highest BCUT2D eigenvalue weighted by atomic mass is 16.2. The summed E-state index contributed by atoms with van der Waals surface area (Å²) in [5.74, 6) is 0.0726. The van der Waals surface area contributed by atoms with Gasteiger partial charge >= 0.3 is 0 Å². The van der Waals surface area contributed by atoms with Crippen LogP contribution in [0, 0.1) is 0 Å². The van der Waals surface area contributed by atoms with Crippen molar-refractivity contribution in [1.29, 1.82) is 0 Å². The molecule has 118 valence electrons. The molecule has 0 radical (unpaired) electrons. The molecule has 1 N–H and O–H groups in total. The minimum Gasteiger partial charge on any atom is -0.303 e. The fourth-order valence-corrected chi connectivity index (χ4v) is 3.49. The van der Waals surface area contributed by atoms with E-state index < -0.39 is 0 Å². The van der Waals surface area contributed by atoms with Crippen molar-refractivity contribution in [2.45, 2.75) is 19.3 Å². The lowest BCUT2D eigenvalue weighted by atomic mass is 10.2. The molecule has 1 aliphatic rings. The number of aromatic nitrogens is 1. The fraction of sp³-hybridized carbons (Fsp3) is 0.316. The Bertz CT molecular complexity index is 793. The van der Waals surface area contributed by atoms with Crippen molar-refractivity contribution in [3.8, 4) is 0 Å². The van der Waals surface area contributed by atoms with E-state index >= 15 is 0 Å². The molecule has 0 aliphatic carbocycles. The maximum atomic E-state index is 12.4. The van der Waals surface area contributed by atoms with Gasteiger partial charge in [0.1, 0.15) is 0 Å². The zero-order valence-corrected chi connectivity index (χ0v) is 13.2. The van der Waals surface area contributed by atoms with Gasteiger partial charge in [-0.25, -0.2) is 0 Å². The van der Waals surface area contributed by atoms with Gasteiger partial charge in [-0.05, 0) is 38.1 Å². The van der Waals surface area contributed by atoms with Crippen molar-refractivity contribution in [2.75, 3.05) is 25.1 Å². The monoisotopic (exact) mass is 307 g/mol. The highest BCUT2D eigenvalue weighted by molar-refractivity contribution is 6.09. The number of rotatable bonds is 4. The Kier molecular flexibility index (Phi) is 3.75. The summed E-state index contributed by atoms with van der Waals surface area (Å²) < 4.78 is 1.93. The second-order valence-corrected chi connectivity index (χ2v) is 6.20. The molecule has 0 bridgehead atoms. The number of nitrogens with zero attached hydrogens (tertiary/aromatic N) is 2. The highest BCUT2D eigenvalue weighted by Gasteiger charge is 2.15. The fourth-order valence-electron chi connectivity index (χ4n) is 3.49. The molecule has 1 amide bonds.